The average Bonchev–Trinajstić information content (AvgIpc) is 2.23. The van der Waals surface area contributed by atoms with E-state index in [1.165, 1.54) is 5.56 Å². The van der Waals surface area contributed by atoms with Gasteiger partial charge in [0.05, 0.1) is 7.11 Å². The van der Waals surface area contributed by atoms with Crippen molar-refractivity contribution < 1.29 is 4.74 Å². The number of halogens is 2. The summed E-state index contributed by atoms with van der Waals surface area (Å²) in [5.41, 5.74) is 1.60. The van der Waals surface area contributed by atoms with Crippen LogP contribution in [0.25, 0.3) is 0 Å². The molecular weight excluding hydrogens is 338 g/mol. The van der Waals surface area contributed by atoms with E-state index in [2.05, 4.69) is 61.9 Å². The number of hydrogen-bond donors (Lipinski definition) is 1. The molecule has 0 radical (unpaired) electrons. The molecule has 1 N–H and O–H groups in total. The van der Waals surface area contributed by atoms with Crippen molar-refractivity contribution in [3.63, 3.8) is 0 Å². The molecule has 0 saturated heterocycles. The highest BCUT2D eigenvalue weighted by molar-refractivity contribution is 9.10. The quantitative estimate of drug-likeness (QED) is 0.777. The first kappa shape index (κ1) is 19.8. The SMILES string of the molecule is COc1ccc(Br)cc1CNC(C)(C)CC(C)(C)C.Cl. The molecule has 1 rings (SSSR count). The van der Waals surface area contributed by atoms with Crippen LogP contribution in [-0.2, 0) is 6.54 Å². The van der Waals surface area contributed by atoms with Crippen molar-refractivity contribution in [2.24, 2.45) is 5.41 Å². The van der Waals surface area contributed by atoms with Crippen LogP contribution in [0.2, 0.25) is 0 Å². The predicted octanol–water partition coefficient (Wildman–Crippen LogP) is 5.18. The maximum atomic E-state index is 5.41. The topological polar surface area (TPSA) is 21.3 Å². The Morgan fingerprint density at radius 3 is 2.25 bits per heavy atom. The minimum atomic E-state index is 0. The number of ether oxygens (including phenoxy) is 1. The predicted molar refractivity (Wildman–Crippen MR) is 92.9 cm³/mol. The minimum Gasteiger partial charge on any atom is -0.496 e. The molecule has 0 aliphatic rings. The largest absolute Gasteiger partial charge is 0.496 e. The fourth-order valence-electron chi connectivity index (χ4n) is 2.61. The first-order valence-electron chi connectivity index (χ1n) is 6.70. The molecule has 0 bridgehead atoms. The molecule has 2 nitrogen and oxygen atoms in total. The highest BCUT2D eigenvalue weighted by Gasteiger charge is 2.25. The fraction of sp³-hybridized carbons (Fsp3) is 0.625. The Morgan fingerprint density at radius 1 is 1.15 bits per heavy atom. The van der Waals surface area contributed by atoms with Gasteiger partial charge >= 0.3 is 0 Å². The molecule has 116 valence electrons. The van der Waals surface area contributed by atoms with Gasteiger partial charge in [0.1, 0.15) is 5.75 Å². The Kier molecular flexibility index (Phi) is 7.58. The number of hydrogen-bond acceptors (Lipinski definition) is 2. The molecule has 0 unspecified atom stereocenters. The minimum absolute atomic E-state index is 0. The molecule has 0 amide bonds. The van der Waals surface area contributed by atoms with Crippen molar-refractivity contribution >= 4 is 28.3 Å². The lowest BCUT2D eigenvalue weighted by atomic mass is 9.82. The molecule has 0 aliphatic carbocycles. The number of nitrogens with one attached hydrogen (secondary N) is 1. The molecule has 4 heteroatoms. The summed E-state index contributed by atoms with van der Waals surface area (Å²) in [5, 5.41) is 3.63. The third-order valence-corrected chi connectivity index (χ3v) is 3.47. The van der Waals surface area contributed by atoms with E-state index in [-0.39, 0.29) is 17.9 Å². The van der Waals surface area contributed by atoms with Gasteiger partial charge < -0.3 is 10.1 Å². The highest BCUT2D eigenvalue weighted by Crippen LogP contribution is 2.28. The summed E-state index contributed by atoms with van der Waals surface area (Å²) in [6.45, 7) is 12.1. The molecule has 1 aromatic rings. The standard InChI is InChI=1S/C16H26BrNO.ClH/c1-15(2,3)11-16(4,5)18-10-12-9-13(17)7-8-14(12)19-6;/h7-9,18H,10-11H2,1-6H3;1H. The molecular formula is C16H27BrClNO. The average molecular weight is 365 g/mol. The van der Waals surface area contributed by atoms with Crippen LogP contribution >= 0.6 is 28.3 Å². The fourth-order valence-corrected chi connectivity index (χ4v) is 3.02. The Bertz CT molecular complexity index is 427. The van der Waals surface area contributed by atoms with Crippen molar-refractivity contribution in [1.29, 1.82) is 0 Å². The van der Waals surface area contributed by atoms with E-state index in [9.17, 15) is 0 Å². The molecule has 0 heterocycles. The molecule has 0 atom stereocenters. The van der Waals surface area contributed by atoms with E-state index in [0.29, 0.717) is 5.41 Å². The van der Waals surface area contributed by atoms with E-state index >= 15 is 0 Å². The van der Waals surface area contributed by atoms with Crippen LogP contribution in [0.3, 0.4) is 0 Å². The van der Waals surface area contributed by atoms with Crippen LogP contribution in [0.1, 0.15) is 46.6 Å². The van der Waals surface area contributed by atoms with Gasteiger partial charge in [0, 0.05) is 22.1 Å². The molecule has 0 aliphatic heterocycles. The molecule has 1 aromatic carbocycles. The maximum absolute atomic E-state index is 5.41. The van der Waals surface area contributed by atoms with E-state index in [1.54, 1.807) is 7.11 Å². The second-order valence-electron chi connectivity index (χ2n) is 6.93. The van der Waals surface area contributed by atoms with Gasteiger partial charge in [-0.05, 0) is 43.9 Å². The van der Waals surface area contributed by atoms with Gasteiger partial charge in [0.2, 0.25) is 0 Å². The number of methoxy groups -OCH3 is 1. The summed E-state index contributed by atoms with van der Waals surface area (Å²) in [6, 6.07) is 6.11. The zero-order chi connectivity index (χ0) is 14.7. The maximum Gasteiger partial charge on any atom is 0.123 e. The zero-order valence-corrected chi connectivity index (χ0v) is 15.7. The van der Waals surface area contributed by atoms with Crippen LogP contribution in [0.15, 0.2) is 22.7 Å². The van der Waals surface area contributed by atoms with E-state index in [0.717, 1.165) is 23.2 Å². The summed E-state index contributed by atoms with van der Waals surface area (Å²) in [5.74, 6) is 0.933. The first-order valence-corrected chi connectivity index (χ1v) is 7.50. The normalized spacial score (nSPS) is 11.9. The lowest BCUT2D eigenvalue weighted by molar-refractivity contribution is 0.240. The summed E-state index contributed by atoms with van der Waals surface area (Å²) in [7, 11) is 1.72. The van der Waals surface area contributed by atoms with Crippen LogP contribution in [0, 0.1) is 5.41 Å². The van der Waals surface area contributed by atoms with Gasteiger partial charge in [-0.25, -0.2) is 0 Å². The monoisotopic (exact) mass is 363 g/mol. The number of rotatable bonds is 5. The van der Waals surface area contributed by atoms with Gasteiger partial charge in [0.15, 0.2) is 0 Å². The van der Waals surface area contributed by atoms with Crippen molar-refractivity contribution in [3.05, 3.63) is 28.2 Å². The van der Waals surface area contributed by atoms with Gasteiger partial charge in [-0.3, -0.25) is 0 Å². The van der Waals surface area contributed by atoms with Crippen LogP contribution in [0.5, 0.6) is 5.75 Å². The van der Waals surface area contributed by atoms with Crippen molar-refractivity contribution in [2.75, 3.05) is 7.11 Å². The summed E-state index contributed by atoms with van der Waals surface area (Å²) in [4.78, 5) is 0. The summed E-state index contributed by atoms with van der Waals surface area (Å²) >= 11 is 3.51. The Morgan fingerprint density at radius 2 is 1.75 bits per heavy atom. The van der Waals surface area contributed by atoms with Gasteiger partial charge in [-0.1, -0.05) is 36.7 Å². The smallest absolute Gasteiger partial charge is 0.123 e. The highest BCUT2D eigenvalue weighted by atomic mass is 79.9. The number of benzene rings is 1. The molecule has 0 fully saturated rings. The molecule has 0 saturated carbocycles. The lowest BCUT2D eigenvalue weighted by Crippen LogP contribution is -2.41. The second-order valence-corrected chi connectivity index (χ2v) is 7.85. The Hall–Kier alpha value is -0.250. The van der Waals surface area contributed by atoms with Crippen molar-refractivity contribution in [3.8, 4) is 5.75 Å². The lowest BCUT2D eigenvalue weighted by Gasteiger charge is -2.33. The van der Waals surface area contributed by atoms with E-state index < -0.39 is 0 Å². The van der Waals surface area contributed by atoms with Gasteiger partial charge in [-0.15, -0.1) is 12.4 Å². The third-order valence-electron chi connectivity index (χ3n) is 2.97. The van der Waals surface area contributed by atoms with Crippen LogP contribution in [-0.4, -0.2) is 12.6 Å². The molecule has 20 heavy (non-hydrogen) atoms. The van der Waals surface area contributed by atoms with Crippen LogP contribution < -0.4 is 10.1 Å². The summed E-state index contributed by atoms with van der Waals surface area (Å²) in [6.07, 6.45) is 1.12. The van der Waals surface area contributed by atoms with E-state index in [4.69, 9.17) is 4.74 Å². The Balaban J connectivity index is 0.00000361. The van der Waals surface area contributed by atoms with Crippen molar-refractivity contribution in [2.45, 2.75) is 53.1 Å². The van der Waals surface area contributed by atoms with Crippen LogP contribution in [0.4, 0.5) is 0 Å². The Labute approximate surface area is 138 Å². The molecule has 0 spiro atoms. The summed E-state index contributed by atoms with van der Waals surface area (Å²) < 4.78 is 6.49. The van der Waals surface area contributed by atoms with E-state index in [1.807, 2.05) is 12.1 Å². The van der Waals surface area contributed by atoms with Gasteiger partial charge in [0.25, 0.3) is 0 Å². The van der Waals surface area contributed by atoms with Gasteiger partial charge in [-0.2, -0.15) is 0 Å². The first-order chi connectivity index (χ1) is 8.63. The zero-order valence-electron chi connectivity index (χ0n) is 13.3. The molecule has 0 aromatic heterocycles. The third kappa shape index (κ3) is 6.96. The second kappa shape index (κ2) is 7.67. The van der Waals surface area contributed by atoms with Crippen molar-refractivity contribution in [1.82, 2.24) is 5.32 Å².